The summed E-state index contributed by atoms with van der Waals surface area (Å²) in [7, 11) is 0. The summed E-state index contributed by atoms with van der Waals surface area (Å²) < 4.78 is 0. The number of halogens is 1. The maximum absolute atomic E-state index is 12.6. The number of piperidine rings is 1. The molecular weight excluding hydrogens is 264 g/mol. The van der Waals surface area contributed by atoms with Crippen LogP contribution in [0.15, 0.2) is 12.1 Å². The first kappa shape index (κ1) is 14.1. The molecule has 3 N–H and O–H groups in total. The van der Waals surface area contributed by atoms with Crippen molar-refractivity contribution in [2.45, 2.75) is 38.6 Å². The molecule has 1 aromatic heterocycles. The number of anilines is 1. The number of rotatable bonds is 3. The molecule has 0 radical (unpaired) electrons. The van der Waals surface area contributed by atoms with E-state index in [0.717, 1.165) is 25.8 Å². The number of nitrogen functional groups attached to an aromatic ring is 1. The van der Waals surface area contributed by atoms with Crippen LogP contribution < -0.4 is 11.3 Å². The summed E-state index contributed by atoms with van der Waals surface area (Å²) in [6.07, 6.45) is 4.30. The van der Waals surface area contributed by atoms with Crippen LogP contribution in [0.3, 0.4) is 0 Å². The highest BCUT2D eigenvalue weighted by molar-refractivity contribution is 6.29. The van der Waals surface area contributed by atoms with Crippen LogP contribution in [0, 0.1) is 0 Å². The van der Waals surface area contributed by atoms with Gasteiger partial charge in [0.05, 0.1) is 0 Å². The van der Waals surface area contributed by atoms with E-state index < -0.39 is 0 Å². The predicted molar refractivity (Wildman–Crippen MR) is 76.0 cm³/mol. The van der Waals surface area contributed by atoms with Crippen molar-refractivity contribution in [3.63, 3.8) is 0 Å². The molecule has 1 unspecified atom stereocenters. The summed E-state index contributed by atoms with van der Waals surface area (Å²) >= 11 is 5.90. The van der Waals surface area contributed by atoms with Crippen molar-refractivity contribution in [2.75, 3.05) is 12.0 Å². The van der Waals surface area contributed by atoms with Gasteiger partial charge in [-0.05, 0) is 37.8 Å². The van der Waals surface area contributed by atoms with E-state index in [1.54, 1.807) is 12.1 Å². The Morgan fingerprint density at radius 1 is 1.58 bits per heavy atom. The third-order valence-corrected chi connectivity index (χ3v) is 3.74. The van der Waals surface area contributed by atoms with E-state index in [1.807, 2.05) is 4.90 Å². The van der Waals surface area contributed by atoms with Crippen LogP contribution in [-0.4, -0.2) is 28.4 Å². The number of carbonyl (C=O) groups is 1. The molecule has 19 heavy (non-hydrogen) atoms. The van der Waals surface area contributed by atoms with Crippen LogP contribution in [-0.2, 0) is 0 Å². The lowest BCUT2D eigenvalue weighted by Crippen LogP contribution is -2.43. The molecule has 2 rings (SSSR count). The van der Waals surface area contributed by atoms with E-state index in [-0.39, 0.29) is 11.1 Å². The monoisotopic (exact) mass is 282 g/mol. The highest BCUT2D eigenvalue weighted by Gasteiger charge is 2.26. The Morgan fingerprint density at radius 3 is 3.05 bits per heavy atom. The van der Waals surface area contributed by atoms with Gasteiger partial charge in [0.15, 0.2) is 0 Å². The van der Waals surface area contributed by atoms with Crippen LogP contribution in [0.1, 0.15) is 43.0 Å². The Kier molecular flexibility index (Phi) is 4.61. The normalized spacial score (nSPS) is 19.3. The molecule has 0 aromatic carbocycles. The van der Waals surface area contributed by atoms with Crippen molar-refractivity contribution in [1.82, 2.24) is 9.88 Å². The zero-order valence-corrected chi connectivity index (χ0v) is 11.8. The van der Waals surface area contributed by atoms with Crippen molar-refractivity contribution < 1.29 is 4.79 Å². The van der Waals surface area contributed by atoms with Gasteiger partial charge in [-0.1, -0.05) is 18.5 Å². The topological polar surface area (TPSA) is 71.2 Å². The number of aromatic nitrogens is 1. The maximum Gasteiger partial charge on any atom is 0.254 e. The van der Waals surface area contributed by atoms with Gasteiger partial charge in [-0.3, -0.25) is 4.79 Å². The first-order valence-electron chi connectivity index (χ1n) is 6.61. The number of pyridine rings is 1. The van der Waals surface area contributed by atoms with E-state index in [9.17, 15) is 4.79 Å². The van der Waals surface area contributed by atoms with Crippen molar-refractivity contribution in [3.8, 4) is 0 Å². The number of hydrazine groups is 1. The van der Waals surface area contributed by atoms with Crippen molar-refractivity contribution >= 4 is 23.3 Å². The molecule has 0 bridgehead atoms. The van der Waals surface area contributed by atoms with Crippen molar-refractivity contribution in [1.29, 1.82) is 0 Å². The lowest BCUT2D eigenvalue weighted by Gasteiger charge is -2.35. The Morgan fingerprint density at radius 2 is 2.37 bits per heavy atom. The molecule has 0 aliphatic carbocycles. The molecule has 6 heteroatoms. The summed E-state index contributed by atoms with van der Waals surface area (Å²) in [5, 5.41) is 0.267. The van der Waals surface area contributed by atoms with Crippen LogP contribution in [0.25, 0.3) is 0 Å². The van der Waals surface area contributed by atoms with Crippen LogP contribution in [0.2, 0.25) is 5.15 Å². The van der Waals surface area contributed by atoms with E-state index in [1.165, 1.54) is 6.42 Å². The fourth-order valence-corrected chi connectivity index (χ4v) is 2.76. The summed E-state index contributed by atoms with van der Waals surface area (Å²) in [6.45, 7) is 2.92. The maximum atomic E-state index is 12.6. The lowest BCUT2D eigenvalue weighted by atomic mass is 9.99. The second kappa shape index (κ2) is 6.21. The summed E-state index contributed by atoms with van der Waals surface area (Å²) in [5.74, 6) is 5.73. The fourth-order valence-electron chi connectivity index (χ4n) is 2.55. The van der Waals surface area contributed by atoms with Gasteiger partial charge < -0.3 is 10.3 Å². The third-order valence-electron chi connectivity index (χ3n) is 3.55. The number of likely N-dealkylation sites (tertiary alicyclic amines) is 1. The molecule has 2 heterocycles. The number of nitrogens with zero attached hydrogens (tertiary/aromatic N) is 2. The molecule has 5 nitrogen and oxygen atoms in total. The molecule has 1 saturated heterocycles. The molecule has 1 aromatic rings. The van der Waals surface area contributed by atoms with Crippen molar-refractivity contribution in [2.24, 2.45) is 5.84 Å². The summed E-state index contributed by atoms with van der Waals surface area (Å²) in [5.41, 5.74) is 2.96. The molecule has 1 fully saturated rings. The van der Waals surface area contributed by atoms with Gasteiger partial charge in [0, 0.05) is 18.2 Å². The van der Waals surface area contributed by atoms with Crippen LogP contribution in [0.5, 0.6) is 0 Å². The van der Waals surface area contributed by atoms with Gasteiger partial charge in [-0.2, -0.15) is 0 Å². The predicted octanol–water partition coefficient (Wildman–Crippen LogP) is 2.43. The number of nitrogens with one attached hydrogen (secondary N) is 1. The van der Waals surface area contributed by atoms with Crippen LogP contribution >= 0.6 is 11.6 Å². The second-order valence-electron chi connectivity index (χ2n) is 4.76. The highest BCUT2D eigenvalue weighted by Crippen LogP contribution is 2.23. The standard InChI is InChI=1S/C13H19ClN4O/c1-2-10-5-3-4-6-18(10)13(19)9-7-11(14)16-12(8-9)17-15/h7-8,10H,2-6,15H2,1H3,(H,16,17). The van der Waals surface area contributed by atoms with Gasteiger partial charge in [0.2, 0.25) is 0 Å². The molecule has 104 valence electrons. The van der Waals surface area contributed by atoms with Gasteiger partial charge in [-0.25, -0.2) is 10.8 Å². The molecule has 1 amide bonds. The average Bonchev–Trinajstić information content (AvgIpc) is 2.45. The number of amides is 1. The van der Waals surface area contributed by atoms with Crippen molar-refractivity contribution in [3.05, 3.63) is 22.8 Å². The smallest absolute Gasteiger partial charge is 0.254 e. The Hall–Kier alpha value is -1.33. The Balaban J connectivity index is 2.24. The average molecular weight is 283 g/mol. The first-order chi connectivity index (χ1) is 9.15. The Bertz CT molecular complexity index is 466. The van der Waals surface area contributed by atoms with E-state index >= 15 is 0 Å². The highest BCUT2D eigenvalue weighted by atomic mass is 35.5. The Labute approximate surface area is 118 Å². The molecule has 1 aliphatic heterocycles. The van der Waals surface area contributed by atoms with Gasteiger partial charge in [0.25, 0.3) is 5.91 Å². The summed E-state index contributed by atoms with van der Waals surface area (Å²) in [6, 6.07) is 3.55. The number of nitrogens with two attached hydrogens (primary N) is 1. The fraction of sp³-hybridized carbons (Fsp3) is 0.538. The van der Waals surface area contributed by atoms with Gasteiger partial charge in [0.1, 0.15) is 11.0 Å². The molecular formula is C13H19ClN4O. The minimum Gasteiger partial charge on any atom is -0.336 e. The summed E-state index contributed by atoms with van der Waals surface area (Å²) in [4.78, 5) is 18.5. The minimum atomic E-state index is 0.00681. The van der Waals surface area contributed by atoms with E-state index in [4.69, 9.17) is 17.4 Å². The number of hydrogen-bond acceptors (Lipinski definition) is 4. The molecule has 1 aliphatic rings. The quantitative estimate of drug-likeness (QED) is 0.507. The molecule has 1 atom stereocenters. The largest absolute Gasteiger partial charge is 0.336 e. The van der Waals surface area contributed by atoms with Gasteiger partial charge in [-0.15, -0.1) is 0 Å². The SMILES string of the molecule is CCC1CCCCN1C(=O)c1cc(Cl)nc(NN)c1. The number of carbonyl (C=O) groups excluding carboxylic acids is 1. The van der Waals surface area contributed by atoms with E-state index in [0.29, 0.717) is 17.4 Å². The van der Waals surface area contributed by atoms with Gasteiger partial charge >= 0.3 is 0 Å². The second-order valence-corrected chi connectivity index (χ2v) is 5.15. The van der Waals surface area contributed by atoms with E-state index in [2.05, 4.69) is 17.3 Å². The number of hydrogen-bond donors (Lipinski definition) is 2. The zero-order valence-electron chi connectivity index (χ0n) is 11.0. The van der Waals surface area contributed by atoms with Crippen LogP contribution in [0.4, 0.5) is 5.82 Å². The third kappa shape index (κ3) is 3.16. The lowest BCUT2D eigenvalue weighted by molar-refractivity contribution is 0.0608. The molecule has 0 saturated carbocycles. The zero-order chi connectivity index (χ0) is 13.8. The molecule has 0 spiro atoms. The first-order valence-corrected chi connectivity index (χ1v) is 6.98. The minimum absolute atomic E-state index is 0.00681.